The molecule has 0 saturated carbocycles. The smallest absolute Gasteiger partial charge is 0.289 e. The predicted molar refractivity (Wildman–Crippen MR) is 112 cm³/mol. The van der Waals surface area contributed by atoms with Gasteiger partial charge in [0.2, 0.25) is 0 Å². The lowest BCUT2D eigenvalue weighted by atomic mass is 9.87. The minimum absolute atomic E-state index is 0.0880. The first-order valence-corrected chi connectivity index (χ1v) is 10.3. The molecule has 1 aromatic carbocycles. The molecule has 1 aromatic heterocycles. The SMILES string of the molecule is CC(C)(O)C#Cc1ccc(C(=O)N2CCN(C3CCc4ccccc4C3)CC2)o1. The summed E-state index contributed by atoms with van der Waals surface area (Å²) in [6.07, 6.45) is 3.43. The molecule has 2 aromatic rings. The van der Waals surface area contributed by atoms with Crippen LogP contribution >= 0.6 is 0 Å². The van der Waals surface area contributed by atoms with E-state index in [9.17, 15) is 9.90 Å². The van der Waals surface area contributed by atoms with Crippen LogP contribution in [0.1, 0.15) is 47.7 Å². The molecule has 2 heterocycles. The van der Waals surface area contributed by atoms with E-state index in [1.165, 1.54) is 17.5 Å². The zero-order valence-electron chi connectivity index (χ0n) is 17.1. The Balaban J connectivity index is 1.33. The molecule has 1 aliphatic heterocycles. The van der Waals surface area contributed by atoms with Gasteiger partial charge in [-0.15, -0.1) is 0 Å². The number of furan rings is 1. The van der Waals surface area contributed by atoms with Crippen LogP contribution in [0.25, 0.3) is 0 Å². The number of hydrogen-bond donors (Lipinski definition) is 1. The number of amides is 1. The Morgan fingerprint density at radius 1 is 1.10 bits per heavy atom. The van der Waals surface area contributed by atoms with Gasteiger partial charge in [0.25, 0.3) is 5.91 Å². The molecule has 1 atom stereocenters. The molecule has 29 heavy (non-hydrogen) atoms. The van der Waals surface area contributed by atoms with Crippen LogP contribution in [-0.4, -0.2) is 58.6 Å². The Labute approximate surface area is 172 Å². The van der Waals surface area contributed by atoms with Gasteiger partial charge in [-0.2, -0.15) is 0 Å². The van der Waals surface area contributed by atoms with Gasteiger partial charge >= 0.3 is 0 Å². The number of carbonyl (C=O) groups is 1. The summed E-state index contributed by atoms with van der Waals surface area (Å²) in [5.41, 5.74) is 1.86. The minimum atomic E-state index is -1.09. The number of hydrogen-bond acceptors (Lipinski definition) is 4. The topological polar surface area (TPSA) is 56.9 Å². The Bertz CT molecular complexity index is 937. The molecular weight excluding hydrogens is 364 g/mol. The Kier molecular flexibility index (Phi) is 5.49. The number of rotatable bonds is 2. The summed E-state index contributed by atoms with van der Waals surface area (Å²) in [4.78, 5) is 17.2. The van der Waals surface area contributed by atoms with E-state index in [-0.39, 0.29) is 5.91 Å². The summed E-state index contributed by atoms with van der Waals surface area (Å²) in [6.45, 7) is 6.43. The number of aryl methyl sites for hydroxylation is 1. The maximum Gasteiger partial charge on any atom is 0.289 e. The zero-order valence-corrected chi connectivity index (χ0v) is 17.1. The van der Waals surface area contributed by atoms with Crippen molar-refractivity contribution in [1.82, 2.24) is 9.80 Å². The second kappa shape index (κ2) is 8.06. The summed E-state index contributed by atoms with van der Waals surface area (Å²) in [5, 5.41) is 9.69. The molecule has 152 valence electrons. The van der Waals surface area contributed by atoms with Crippen LogP contribution in [0, 0.1) is 11.8 Å². The van der Waals surface area contributed by atoms with E-state index in [0.29, 0.717) is 30.7 Å². The molecule has 1 aliphatic carbocycles. The van der Waals surface area contributed by atoms with Gasteiger partial charge in [-0.1, -0.05) is 30.2 Å². The Morgan fingerprint density at radius 3 is 2.55 bits per heavy atom. The van der Waals surface area contributed by atoms with Gasteiger partial charge in [-0.05, 0) is 62.3 Å². The zero-order chi connectivity index (χ0) is 20.4. The average molecular weight is 392 g/mol. The van der Waals surface area contributed by atoms with E-state index >= 15 is 0 Å². The molecule has 0 radical (unpaired) electrons. The van der Waals surface area contributed by atoms with Gasteiger partial charge in [-0.25, -0.2) is 0 Å². The monoisotopic (exact) mass is 392 g/mol. The lowest BCUT2D eigenvalue weighted by Gasteiger charge is -2.40. The van der Waals surface area contributed by atoms with Gasteiger partial charge < -0.3 is 14.4 Å². The van der Waals surface area contributed by atoms with Gasteiger partial charge in [-0.3, -0.25) is 9.69 Å². The largest absolute Gasteiger partial charge is 0.443 e. The highest BCUT2D eigenvalue weighted by Crippen LogP contribution is 2.25. The standard InChI is InChI=1S/C24H28N2O3/c1-24(2,28)12-11-21-9-10-22(29-21)23(27)26-15-13-25(14-16-26)20-8-7-18-5-3-4-6-19(18)17-20/h3-6,9-10,20,28H,7-8,13-17H2,1-2H3. The number of aliphatic hydroxyl groups is 1. The van der Waals surface area contributed by atoms with Crippen molar-refractivity contribution >= 4 is 5.91 Å². The van der Waals surface area contributed by atoms with Gasteiger partial charge in [0.15, 0.2) is 11.5 Å². The summed E-state index contributed by atoms with van der Waals surface area (Å²) >= 11 is 0. The number of piperazine rings is 1. The molecular formula is C24H28N2O3. The fourth-order valence-electron chi connectivity index (χ4n) is 4.17. The second-order valence-corrected chi connectivity index (χ2v) is 8.47. The second-order valence-electron chi connectivity index (χ2n) is 8.47. The van der Waals surface area contributed by atoms with Crippen LogP contribution in [0.3, 0.4) is 0 Å². The molecule has 1 amide bonds. The molecule has 2 aliphatic rings. The van der Waals surface area contributed by atoms with E-state index in [1.807, 2.05) is 4.90 Å². The predicted octanol–water partition coefficient (Wildman–Crippen LogP) is 2.72. The third-order valence-corrected chi connectivity index (χ3v) is 5.75. The quantitative estimate of drug-likeness (QED) is 0.799. The number of benzene rings is 1. The van der Waals surface area contributed by atoms with Gasteiger partial charge in [0.05, 0.1) is 0 Å². The van der Waals surface area contributed by atoms with Crippen LogP contribution in [0.5, 0.6) is 0 Å². The maximum absolute atomic E-state index is 12.8. The normalized spacial score (nSPS) is 20.0. The van der Waals surface area contributed by atoms with E-state index < -0.39 is 5.60 Å². The van der Waals surface area contributed by atoms with Crippen LogP contribution in [-0.2, 0) is 12.8 Å². The summed E-state index contributed by atoms with van der Waals surface area (Å²) in [7, 11) is 0. The van der Waals surface area contributed by atoms with Crippen molar-refractivity contribution in [3.63, 3.8) is 0 Å². The van der Waals surface area contributed by atoms with Crippen molar-refractivity contribution in [1.29, 1.82) is 0 Å². The molecule has 4 rings (SSSR count). The first kappa shape index (κ1) is 19.8. The lowest BCUT2D eigenvalue weighted by molar-refractivity contribution is 0.0525. The van der Waals surface area contributed by atoms with Crippen LogP contribution < -0.4 is 0 Å². The summed E-state index contributed by atoms with van der Waals surface area (Å²) in [6, 6.07) is 12.7. The van der Waals surface area contributed by atoms with Crippen molar-refractivity contribution in [2.75, 3.05) is 26.2 Å². The van der Waals surface area contributed by atoms with E-state index in [4.69, 9.17) is 4.42 Å². The minimum Gasteiger partial charge on any atom is -0.443 e. The molecule has 1 saturated heterocycles. The van der Waals surface area contributed by atoms with E-state index in [0.717, 1.165) is 25.9 Å². The van der Waals surface area contributed by atoms with E-state index in [2.05, 4.69) is 41.0 Å². The number of nitrogens with zero attached hydrogens (tertiary/aromatic N) is 2. The van der Waals surface area contributed by atoms with Crippen LogP contribution in [0.15, 0.2) is 40.8 Å². The Morgan fingerprint density at radius 2 is 1.83 bits per heavy atom. The molecule has 5 heteroatoms. The first-order chi connectivity index (χ1) is 13.9. The van der Waals surface area contributed by atoms with Crippen molar-refractivity contribution in [3.8, 4) is 11.8 Å². The highest BCUT2D eigenvalue weighted by molar-refractivity contribution is 5.91. The third-order valence-electron chi connectivity index (χ3n) is 5.75. The third kappa shape index (κ3) is 4.72. The molecule has 1 unspecified atom stereocenters. The Hall–Kier alpha value is -2.55. The van der Waals surface area contributed by atoms with E-state index in [1.54, 1.807) is 26.0 Å². The van der Waals surface area contributed by atoms with Crippen molar-refractivity contribution in [3.05, 3.63) is 59.0 Å². The fraction of sp³-hybridized carbons (Fsp3) is 0.458. The molecule has 1 fully saturated rings. The van der Waals surface area contributed by atoms with Crippen LogP contribution in [0.2, 0.25) is 0 Å². The molecule has 1 N–H and O–H groups in total. The highest BCUT2D eigenvalue weighted by atomic mass is 16.4. The molecule has 0 bridgehead atoms. The highest BCUT2D eigenvalue weighted by Gasteiger charge is 2.29. The first-order valence-electron chi connectivity index (χ1n) is 10.3. The molecule has 5 nitrogen and oxygen atoms in total. The maximum atomic E-state index is 12.8. The summed E-state index contributed by atoms with van der Waals surface area (Å²) in [5.74, 6) is 6.10. The van der Waals surface area contributed by atoms with Crippen molar-refractivity contribution in [2.45, 2.75) is 44.8 Å². The average Bonchev–Trinajstić information content (AvgIpc) is 3.20. The van der Waals surface area contributed by atoms with Crippen molar-refractivity contribution in [2.24, 2.45) is 0 Å². The number of carbonyl (C=O) groups excluding carboxylic acids is 1. The van der Waals surface area contributed by atoms with Gasteiger partial charge in [0, 0.05) is 32.2 Å². The van der Waals surface area contributed by atoms with Crippen molar-refractivity contribution < 1.29 is 14.3 Å². The molecule has 0 spiro atoms. The lowest BCUT2D eigenvalue weighted by Crippen LogP contribution is -2.53. The summed E-state index contributed by atoms with van der Waals surface area (Å²) < 4.78 is 5.59. The van der Waals surface area contributed by atoms with Crippen LogP contribution in [0.4, 0.5) is 0 Å². The fourth-order valence-corrected chi connectivity index (χ4v) is 4.17. The van der Waals surface area contributed by atoms with Gasteiger partial charge in [0.1, 0.15) is 5.60 Å². The number of fused-ring (bicyclic) bond motifs is 1.